The summed E-state index contributed by atoms with van der Waals surface area (Å²) < 4.78 is 11.3. The Hall–Kier alpha value is -2.74. The minimum absolute atomic E-state index is 0.136. The number of carbonyl (C=O) groups is 1. The van der Waals surface area contributed by atoms with E-state index in [1.807, 2.05) is 17.0 Å². The second-order valence-corrected chi connectivity index (χ2v) is 7.77. The first-order chi connectivity index (χ1) is 14.6. The zero-order chi connectivity index (χ0) is 21.1. The molecule has 1 aliphatic heterocycles. The number of primary amides is 1. The van der Waals surface area contributed by atoms with Gasteiger partial charge >= 0.3 is 0 Å². The number of nitrogens with zero attached hydrogens (tertiary/aromatic N) is 1. The minimum atomic E-state index is -1.30. The first-order valence-corrected chi connectivity index (χ1v) is 10.2. The number of anilines is 1. The van der Waals surface area contributed by atoms with Gasteiger partial charge in [-0.1, -0.05) is 17.7 Å². The molecule has 1 fully saturated rings. The second kappa shape index (κ2) is 8.55. The second-order valence-electron chi connectivity index (χ2n) is 7.36. The van der Waals surface area contributed by atoms with E-state index in [-0.39, 0.29) is 12.6 Å². The molecule has 4 rings (SSSR count). The lowest BCUT2D eigenvalue weighted by Gasteiger charge is -2.42. The van der Waals surface area contributed by atoms with Crippen molar-refractivity contribution < 1.29 is 18.7 Å². The summed E-state index contributed by atoms with van der Waals surface area (Å²) in [5, 5.41) is 13.7. The van der Waals surface area contributed by atoms with Crippen molar-refractivity contribution in [3.63, 3.8) is 0 Å². The largest absolute Gasteiger partial charge is 0.466 e. The Kier molecular flexibility index (Phi) is 5.85. The van der Waals surface area contributed by atoms with Crippen LogP contribution < -0.4 is 11.1 Å². The lowest BCUT2D eigenvalue weighted by molar-refractivity contribution is -0.131. The van der Waals surface area contributed by atoms with Crippen molar-refractivity contribution in [1.29, 1.82) is 0 Å². The van der Waals surface area contributed by atoms with Crippen molar-refractivity contribution in [1.82, 2.24) is 4.90 Å². The predicted molar refractivity (Wildman–Crippen MR) is 113 cm³/mol. The van der Waals surface area contributed by atoms with E-state index in [1.54, 1.807) is 30.3 Å². The number of rotatable bonds is 7. The molecule has 0 saturated carbocycles. The van der Waals surface area contributed by atoms with Crippen LogP contribution >= 0.6 is 11.6 Å². The van der Waals surface area contributed by atoms with Crippen molar-refractivity contribution in [3.05, 3.63) is 77.1 Å². The number of amides is 1. The van der Waals surface area contributed by atoms with E-state index in [4.69, 9.17) is 26.2 Å². The van der Waals surface area contributed by atoms with Gasteiger partial charge in [0.25, 0.3) is 5.91 Å². The number of likely N-dealkylation sites (tertiary alicyclic amines) is 1. The maximum Gasteiger partial charge on any atom is 0.253 e. The Labute approximate surface area is 179 Å². The molecule has 8 heteroatoms. The van der Waals surface area contributed by atoms with Gasteiger partial charge in [-0.15, -0.1) is 0 Å². The molecule has 1 amide bonds. The van der Waals surface area contributed by atoms with E-state index in [1.165, 1.54) is 12.5 Å². The number of piperidine rings is 1. The molecule has 30 heavy (non-hydrogen) atoms. The normalized spacial score (nSPS) is 15.9. The van der Waals surface area contributed by atoms with Crippen LogP contribution in [0.3, 0.4) is 0 Å². The quantitative estimate of drug-likeness (QED) is 0.532. The predicted octanol–water partition coefficient (Wildman–Crippen LogP) is 3.32. The van der Waals surface area contributed by atoms with Crippen LogP contribution in [-0.4, -0.2) is 35.0 Å². The summed E-state index contributed by atoms with van der Waals surface area (Å²) in [6.07, 6.45) is 4.57. The molecule has 2 aromatic heterocycles. The number of nitrogens with two attached hydrogens (primary N) is 1. The number of carbonyl (C=O) groups excluding carboxylic acids is 1. The molecule has 1 aromatic carbocycles. The lowest BCUT2D eigenvalue weighted by atomic mass is 9.87. The van der Waals surface area contributed by atoms with Crippen molar-refractivity contribution in [2.75, 3.05) is 18.4 Å². The third-order valence-electron chi connectivity index (χ3n) is 5.72. The highest BCUT2D eigenvalue weighted by Crippen LogP contribution is 2.39. The summed E-state index contributed by atoms with van der Waals surface area (Å²) in [4.78, 5) is 14.8. The van der Waals surface area contributed by atoms with Crippen LogP contribution in [0.25, 0.3) is 0 Å². The number of nitrogens with one attached hydrogen (secondary N) is 1. The molecule has 3 aromatic rings. The number of furan rings is 2. The smallest absolute Gasteiger partial charge is 0.253 e. The summed E-state index contributed by atoms with van der Waals surface area (Å²) in [6.45, 7) is 1.05. The van der Waals surface area contributed by atoms with Crippen LogP contribution in [0.1, 0.15) is 29.9 Å². The summed E-state index contributed by atoms with van der Waals surface area (Å²) in [5.74, 6) is 0.332. The fourth-order valence-corrected chi connectivity index (χ4v) is 4.47. The van der Waals surface area contributed by atoms with Crippen molar-refractivity contribution in [2.45, 2.75) is 31.0 Å². The molecular formula is C22H24ClN3O4. The van der Waals surface area contributed by atoms with Gasteiger partial charge in [-0.25, -0.2) is 0 Å². The average Bonchev–Trinajstić information content (AvgIpc) is 3.45. The highest BCUT2D eigenvalue weighted by molar-refractivity contribution is 6.31. The van der Waals surface area contributed by atoms with Crippen molar-refractivity contribution >= 4 is 23.2 Å². The van der Waals surface area contributed by atoms with E-state index in [9.17, 15) is 9.90 Å². The Morgan fingerprint density at radius 2 is 1.77 bits per heavy atom. The summed E-state index contributed by atoms with van der Waals surface area (Å²) in [5.41, 5.74) is 6.14. The van der Waals surface area contributed by atoms with Crippen molar-refractivity contribution in [2.24, 2.45) is 5.73 Å². The molecule has 0 spiro atoms. The topological polar surface area (TPSA) is 105 Å². The molecule has 0 radical (unpaired) electrons. The molecule has 0 unspecified atom stereocenters. The van der Waals surface area contributed by atoms with Gasteiger partial charge in [0.15, 0.2) is 0 Å². The molecule has 4 N–H and O–H groups in total. The number of hydrogen-bond acceptors (Lipinski definition) is 6. The maximum absolute atomic E-state index is 12.8. The third kappa shape index (κ3) is 3.49. The van der Waals surface area contributed by atoms with Gasteiger partial charge in [0.2, 0.25) is 5.54 Å². The molecule has 0 aliphatic carbocycles. The molecule has 0 bridgehead atoms. The van der Waals surface area contributed by atoms with E-state index >= 15 is 0 Å². The monoisotopic (exact) mass is 429 g/mol. The molecular weight excluding hydrogens is 406 g/mol. The summed E-state index contributed by atoms with van der Waals surface area (Å²) >= 11 is 6.20. The Morgan fingerprint density at radius 1 is 1.13 bits per heavy atom. The van der Waals surface area contributed by atoms with Crippen molar-refractivity contribution in [3.8, 4) is 0 Å². The minimum Gasteiger partial charge on any atom is -0.466 e. The SMILES string of the molecule is NC(=O)C(c1ccco1)(c1ccco1)N1CCC(Nc2cccc(Cl)c2CO)CC1. The maximum atomic E-state index is 12.8. The molecule has 3 heterocycles. The lowest BCUT2D eigenvalue weighted by Crippen LogP contribution is -2.58. The van der Waals surface area contributed by atoms with E-state index in [2.05, 4.69) is 5.32 Å². The van der Waals surface area contributed by atoms with Gasteiger partial charge in [0.1, 0.15) is 11.5 Å². The van der Waals surface area contributed by atoms with Gasteiger partial charge in [0, 0.05) is 35.4 Å². The van der Waals surface area contributed by atoms with Gasteiger partial charge in [-0.2, -0.15) is 0 Å². The van der Waals surface area contributed by atoms with E-state index in [0.717, 1.165) is 18.5 Å². The molecule has 1 saturated heterocycles. The van der Waals surface area contributed by atoms with E-state index in [0.29, 0.717) is 35.2 Å². The zero-order valence-corrected chi connectivity index (χ0v) is 17.1. The highest BCUT2D eigenvalue weighted by atomic mass is 35.5. The van der Waals surface area contributed by atoms with Crippen LogP contribution in [0.15, 0.2) is 63.8 Å². The molecule has 1 aliphatic rings. The van der Waals surface area contributed by atoms with Crippen LogP contribution in [0.2, 0.25) is 5.02 Å². The Bertz CT molecular complexity index is 946. The molecule has 7 nitrogen and oxygen atoms in total. The zero-order valence-electron chi connectivity index (χ0n) is 16.4. The summed E-state index contributed by atoms with van der Waals surface area (Å²) in [7, 11) is 0. The average molecular weight is 430 g/mol. The van der Waals surface area contributed by atoms with Crippen LogP contribution in [0, 0.1) is 0 Å². The van der Waals surface area contributed by atoms with E-state index < -0.39 is 11.4 Å². The number of aliphatic hydroxyl groups is 1. The highest BCUT2D eigenvalue weighted by Gasteiger charge is 2.51. The van der Waals surface area contributed by atoms with Gasteiger partial charge in [0.05, 0.1) is 19.1 Å². The standard InChI is InChI=1S/C22H24ClN3O4/c23-17-4-1-5-18(16(17)14-27)25-15-8-10-26(11-9-15)22(21(24)28,19-6-2-12-29-19)20-7-3-13-30-20/h1-7,12-13,15,25,27H,8-11,14H2,(H2,24,28). The summed E-state index contributed by atoms with van der Waals surface area (Å²) in [6, 6.07) is 12.6. The molecule has 158 valence electrons. The van der Waals surface area contributed by atoms with Gasteiger partial charge in [-0.05, 0) is 49.2 Å². The third-order valence-corrected chi connectivity index (χ3v) is 6.07. The fraction of sp³-hybridized carbons (Fsp3) is 0.318. The number of hydrogen-bond donors (Lipinski definition) is 3. The first-order valence-electron chi connectivity index (χ1n) is 9.85. The van der Waals surface area contributed by atoms with Crippen LogP contribution in [0.5, 0.6) is 0 Å². The number of benzene rings is 1. The first kappa shape index (κ1) is 20.5. The van der Waals surface area contributed by atoms with Crippen LogP contribution in [-0.2, 0) is 16.9 Å². The van der Waals surface area contributed by atoms with Gasteiger partial charge < -0.3 is 25.0 Å². The Balaban J connectivity index is 1.57. The number of halogens is 1. The fourth-order valence-electron chi connectivity index (χ4n) is 4.23. The Morgan fingerprint density at radius 3 is 2.27 bits per heavy atom. The van der Waals surface area contributed by atoms with Gasteiger partial charge in [-0.3, -0.25) is 9.69 Å². The molecule has 0 atom stereocenters. The number of aliphatic hydroxyl groups excluding tert-OH is 1. The van der Waals surface area contributed by atoms with Crippen LogP contribution in [0.4, 0.5) is 5.69 Å².